The lowest BCUT2D eigenvalue weighted by molar-refractivity contribution is -0.0101. The van der Waals surface area contributed by atoms with E-state index in [0.29, 0.717) is 12.5 Å². The molecule has 5 nitrogen and oxygen atoms in total. The maximum atomic E-state index is 12.8. The summed E-state index contributed by atoms with van der Waals surface area (Å²) in [6, 6.07) is 10.7. The molecule has 0 aliphatic carbocycles. The molecule has 1 saturated heterocycles. The fourth-order valence-electron chi connectivity index (χ4n) is 3.97. The van der Waals surface area contributed by atoms with Gasteiger partial charge in [0.25, 0.3) is 0 Å². The van der Waals surface area contributed by atoms with E-state index in [2.05, 4.69) is 50.1 Å². The molecule has 0 N–H and O–H groups in total. The fraction of sp³-hybridized carbons (Fsp3) is 0.565. The van der Waals surface area contributed by atoms with Gasteiger partial charge in [0.15, 0.2) is 0 Å². The van der Waals surface area contributed by atoms with E-state index in [0.717, 1.165) is 18.5 Å². The summed E-state index contributed by atoms with van der Waals surface area (Å²) in [7, 11) is 0. The van der Waals surface area contributed by atoms with Crippen LogP contribution in [0, 0.1) is 5.41 Å². The molecule has 1 aliphatic heterocycles. The van der Waals surface area contributed by atoms with Crippen molar-refractivity contribution in [3.05, 3.63) is 48.3 Å². The zero-order valence-electron chi connectivity index (χ0n) is 18.0. The first-order chi connectivity index (χ1) is 13.0. The second kappa shape index (κ2) is 7.61. The minimum atomic E-state index is -0.478. The highest BCUT2D eigenvalue weighted by molar-refractivity contribution is 5.69. The van der Waals surface area contributed by atoms with Crippen LogP contribution < -0.4 is 0 Å². The lowest BCUT2D eigenvalue weighted by Crippen LogP contribution is -2.52. The summed E-state index contributed by atoms with van der Waals surface area (Å²) in [4.78, 5) is 14.8. The summed E-state index contributed by atoms with van der Waals surface area (Å²) in [6.07, 6.45) is 5.43. The molecule has 5 heteroatoms. The second-order valence-corrected chi connectivity index (χ2v) is 9.82. The summed E-state index contributed by atoms with van der Waals surface area (Å²) in [5.74, 6) is 0.415. The Morgan fingerprint density at radius 3 is 2.50 bits per heavy atom. The number of nitrogens with zero attached hydrogens (tertiary/aromatic N) is 3. The number of carbonyl (C=O) groups excluding carboxylic acids is 1. The lowest BCUT2D eigenvalue weighted by atomic mass is 9.75. The van der Waals surface area contributed by atoms with Crippen molar-refractivity contribution in [3.63, 3.8) is 0 Å². The van der Waals surface area contributed by atoms with Gasteiger partial charge in [0.2, 0.25) is 0 Å². The van der Waals surface area contributed by atoms with E-state index in [1.165, 1.54) is 5.56 Å². The van der Waals surface area contributed by atoms with Crippen molar-refractivity contribution < 1.29 is 9.53 Å². The largest absolute Gasteiger partial charge is 0.444 e. The van der Waals surface area contributed by atoms with Gasteiger partial charge in [-0.05, 0) is 68.7 Å². The van der Waals surface area contributed by atoms with Gasteiger partial charge < -0.3 is 9.64 Å². The van der Waals surface area contributed by atoms with Gasteiger partial charge in [-0.1, -0.05) is 32.9 Å². The van der Waals surface area contributed by atoms with Crippen molar-refractivity contribution >= 4 is 6.09 Å². The first-order valence-electron chi connectivity index (χ1n) is 10.1. The fourth-order valence-corrected chi connectivity index (χ4v) is 3.97. The second-order valence-electron chi connectivity index (χ2n) is 9.82. The molecule has 1 fully saturated rings. The van der Waals surface area contributed by atoms with Crippen molar-refractivity contribution in [1.82, 2.24) is 14.7 Å². The van der Waals surface area contributed by atoms with Crippen molar-refractivity contribution in [2.75, 3.05) is 6.54 Å². The molecular weight excluding hydrogens is 350 g/mol. The van der Waals surface area contributed by atoms with Crippen LogP contribution in [0.4, 0.5) is 4.79 Å². The van der Waals surface area contributed by atoms with E-state index >= 15 is 0 Å². The summed E-state index contributed by atoms with van der Waals surface area (Å²) in [6.45, 7) is 13.1. The maximum absolute atomic E-state index is 12.8. The monoisotopic (exact) mass is 383 g/mol. The van der Waals surface area contributed by atoms with Crippen LogP contribution in [0.3, 0.4) is 0 Å². The van der Waals surface area contributed by atoms with Crippen LogP contribution in [-0.2, 0) is 4.74 Å². The SMILES string of the molecule is CC(C)(C)OC(=O)N1CC[C@H](c2cccc(-n3cccn3)c2)C[C@@H]1C(C)(C)C. The van der Waals surface area contributed by atoms with Gasteiger partial charge in [-0.3, -0.25) is 0 Å². The number of hydrogen-bond donors (Lipinski definition) is 0. The number of rotatable bonds is 2. The summed E-state index contributed by atoms with van der Waals surface area (Å²) < 4.78 is 7.58. The number of amides is 1. The van der Waals surface area contributed by atoms with Gasteiger partial charge in [0.1, 0.15) is 5.60 Å². The quantitative estimate of drug-likeness (QED) is 0.697. The number of carbonyl (C=O) groups is 1. The van der Waals surface area contributed by atoms with Crippen LogP contribution in [0.25, 0.3) is 5.69 Å². The topological polar surface area (TPSA) is 47.4 Å². The molecule has 0 radical (unpaired) electrons. The minimum absolute atomic E-state index is 0.0187. The molecule has 3 rings (SSSR count). The van der Waals surface area contributed by atoms with E-state index in [1.807, 2.05) is 42.6 Å². The van der Waals surface area contributed by atoms with E-state index in [9.17, 15) is 4.79 Å². The third kappa shape index (κ3) is 4.75. The zero-order chi connectivity index (χ0) is 20.5. The smallest absolute Gasteiger partial charge is 0.410 e. The predicted octanol–water partition coefficient (Wildman–Crippen LogP) is 5.40. The maximum Gasteiger partial charge on any atom is 0.410 e. The number of aromatic nitrogens is 2. The van der Waals surface area contributed by atoms with Crippen molar-refractivity contribution in [1.29, 1.82) is 0 Å². The Labute approximate surface area is 168 Å². The van der Waals surface area contributed by atoms with Crippen LogP contribution in [0.1, 0.15) is 65.9 Å². The standard InChI is InChI=1S/C23H33N3O2/c1-22(2,3)20-16-18(11-14-25(20)21(27)28-23(4,5)6)17-9-7-10-19(15-17)26-13-8-12-24-26/h7-10,12-13,15,18,20H,11,14,16H2,1-6H3/t18-,20+/m0/s1. The van der Waals surface area contributed by atoms with Gasteiger partial charge in [-0.25, -0.2) is 9.48 Å². The molecule has 0 bridgehead atoms. The average molecular weight is 384 g/mol. The van der Waals surface area contributed by atoms with Crippen molar-refractivity contribution in [2.45, 2.75) is 71.9 Å². The third-order valence-electron chi connectivity index (χ3n) is 5.34. The normalized spacial score (nSPS) is 20.9. The van der Waals surface area contributed by atoms with Crippen LogP contribution in [0.15, 0.2) is 42.7 Å². The Morgan fingerprint density at radius 2 is 1.89 bits per heavy atom. The molecular formula is C23H33N3O2. The highest BCUT2D eigenvalue weighted by Crippen LogP contribution is 2.40. The number of hydrogen-bond acceptors (Lipinski definition) is 3. The van der Waals surface area contributed by atoms with E-state index in [-0.39, 0.29) is 17.6 Å². The Morgan fingerprint density at radius 1 is 1.14 bits per heavy atom. The first kappa shape index (κ1) is 20.4. The molecule has 0 saturated carbocycles. The molecule has 2 atom stereocenters. The van der Waals surface area contributed by atoms with Gasteiger partial charge in [-0.2, -0.15) is 5.10 Å². The average Bonchev–Trinajstić information content (AvgIpc) is 3.14. The highest BCUT2D eigenvalue weighted by Gasteiger charge is 2.40. The molecule has 28 heavy (non-hydrogen) atoms. The number of benzene rings is 1. The van der Waals surface area contributed by atoms with Gasteiger partial charge in [0, 0.05) is 25.0 Å². The van der Waals surface area contributed by atoms with Crippen LogP contribution in [-0.4, -0.2) is 39.0 Å². The van der Waals surface area contributed by atoms with Crippen LogP contribution in [0.2, 0.25) is 0 Å². The van der Waals surface area contributed by atoms with Crippen molar-refractivity contribution in [3.8, 4) is 5.69 Å². The van der Waals surface area contributed by atoms with Crippen LogP contribution in [0.5, 0.6) is 0 Å². The number of ether oxygens (including phenoxy) is 1. The van der Waals surface area contributed by atoms with Crippen molar-refractivity contribution in [2.24, 2.45) is 5.41 Å². The molecule has 1 aliphatic rings. The van der Waals surface area contributed by atoms with Gasteiger partial charge in [0.05, 0.1) is 5.69 Å². The number of piperidine rings is 1. The van der Waals surface area contributed by atoms with Gasteiger partial charge >= 0.3 is 6.09 Å². The zero-order valence-corrected chi connectivity index (χ0v) is 18.0. The molecule has 1 amide bonds. The minimum Gasteiger partial charge on any atom is -0.444 e. The summed E-state index contributed by atoms with van der Waals surface area (Å²) >= 11 is 0. The molecule has 2 heterocycles. The predicted molar refractivity (Wildman–Crippen MR) is 112 cm³/mol. The molecule has 0 spiro atoms. The highest BCUT2D eigenvalue weighted by atomic mass is 16.6. The van der Waals surface area contributed by atoms with E-state index in [4.69, 9.17) is 4.74 Å². The molecule has 2 aromatic rings. The Bertz CT molecular complexity index is 800. The summed E-state index contributed by atoms with van der Waals surface area (Å²) in [5, 5.41) is 4.34. The summed E-state index contributed by atoms with van der Waals surface area (Å²) in [5.41, 5.74) is 1.89. The van der Waals surface area contributed by atoms with Gasteiger partial charge in [-0.15, -0.1) is 0 Å². The first-order valence-corrected chi connectivity index (χ1v) is 10.1. The van der Waals surface area contributed by atoms with E-state index < -0.39 is 5.60 Å². The molecule has 0 unspecified atom stereocenters. The Balaban J connectivity index is 1.82. The Hall–Kier alpha value is -2.30. The van der Waals surface area contributed by atoms with E-state index in [1.54, 1.807) is 6.20 Å². The molecule has 1 aromatic heterocycles. The number of likely N-dealkylation sites (tertiary alicyclic amines) is 1. The van der Waals surface area contributed by atoms with Crippen LogP contribution >= 0.6 is 0 Å². The third-order valence-corrected chi connectivity index (χ3v) is 5.34. The molecule has 1 aromatic carbocycles. The lowest BCUT2D eigenvalue weighted by Gasteiger charge is -2.46. The Kier molecular flexibility index (Phi) is 5.55. The molecule has 152 valence electrons.